The molecule has 1 fully saturated rings. The molecule has 2 aromatic rings. The van der Waals surface area contributed by atoms with Gasteiger partial charge in [0, 0.05) is 29.8 Å². The van der Waals surface area contributed by atoms with E-state index in [0.29, 0.717) is 35.6 Å². The number of imide groups is 1. The molecule has 0 spiro atoms. The van der Waals surface area contributed by atoms with Crippen molar-refractivity contribution in [2.75, 3.05) is 6.54 Å². The summed E-state index contributed by atoms with van der Waals surface area (Å²) in [4.78, 5) is 35.8. The maximum atomic E-state index is 12.2. The predicted octanol–water partition coefficient (Wildman–Crippen LogP) is 3.47. The number of carbonyl (C=O) groups excluding carboxylic acids is 2. The van der Waals surface area contributed by atoms with Gasteiger partial charge in [-0.2, -0.15) is 0 Å². The van der Waals surface area contributed by atoms with Gasteiger partial charge in [-0.3, -0.25) is 19.8 Å². The van der Waals surface area contributed by atoms with Gasteiger partial charge in [0.1, 0.15) is 17.2 Å². The zero-order chi connectivity index (χ0) is 18.8. The SMILES string of the molecule is CCCN1C(=O)N/C(=C/c2ccc(-c3ccc(C)c([N+](=O)[O-])c3)o2)C1=O. The minimum atomic E-state index is -0.455. The number of urea groups is 1. The van der Waals surface area contributed by atoms with Crippen LogP contribution in [0.5, 0.6) is 0 Å². The highest BCUT2D eigenvalue weighted by atomic mass is 16.6. The number of nitro benzene ring substituents is 1. The molecule has 1 saturated heterocycles. The summed E-state index contributed by atoms with van der Waals surface area (Å²) < 4.78 is 5.66. The van der Waals surface area contributed by atoms with Crippen LogP contribution >= 0.6 is 0 Å². The molecule has 0 atom stereocenters. The number of amides is 3. The average molecular weight is 355 g/mol. The van der Waals surface area contributed by atoms with Crippen molar-refractivity contribution in [3.8, 4) is 11.3 Å². The third kappa shape index (κ3) is 3.21. The van der Waals surface area contributed by atoms with Crippen molar-refractivity contribution in [2.45, 2.75) is 20.3 Å². The van der Waals surface area contributed by atoms with Crippen molar-refractivity contribution in [3.05, 3.63) is 57.5 Å². The van der Waals surface area contributed by atoms with Crippen molar-refractivity contribution in [2.24, 2.45) is 0 Å². The zero-order valence-corrected chi connectivity index (χ0v) is 14.3. The van der Waals surface area contributed by atoms with Crippen molar-refractivity contribution in [1.82, 2.24) is 10.2 Å². The van der Waals surface area contributed by atoms with Gasteiger partial charge in [0.15, 0.2) is 0 Å². The fourth-order valence-electron chi connectivity index (χ4n) is 2.69. The summed E-state index contributed by atoms with van der Waals surface area (Å²) in [5.41, 5.74) is 1.26. The van der Waals surface area contributed by atoms with E-state index in [2.05, 4.69) is 5.32 Å². The van der Waals surface area contributed by atoms with Gasteiger partial charge in [-0.1, -0.05) is 19.1 Å². The lowest BCUT2D eigenvalue weighted by atomic mass is 10.1. The lowest BCUT2D eigenvalue weighted by Gasteiger charge is -2.08. The summed E-state index contributed by atoms with van der Waals surface area (Å²) >= 11 is 0. The standard InChI is InChI=1S/C18H17N3O5/c1-3-8-20-17(22)14(19-18(20)23)10-13-6-7-16(26-13)12-5-4-11(2)15(9-12)21(24)25/h4-7,9-10H,3,8H2,1-2H3,(H,19,23)/b14-10+. The number of nitrogens with zero attached hydrogens (tertiary/aromatic N) is 2. The molecule has 0 bridgehead atoms. The van der Waals surface area contributed by atoms with E-state index in [1.165, 1.54) is 12.1 Å². The Hall–Kier alpha value is -3.42. The number of nitro groups is 1. The van der Waals surface area contributed by atoms with E-state index in [0.717, 1.165) is 4.90 Å². The summed E-state index contributed by atoms with van der Waals surface area (Å²) in [7, 11) is 0. The molecule has 1 N–H and O–H groups in total. The van der Waals surface area contributed by atoms with E-state index < -0.39 is 16.9 Å². The minimum Gasteiger partial charge on any atom is -0.457 e. The first-order valence-electron chi connectivity index (χ1n) is 8.10. The largest absolute Gasteiger partial charge is 0.457 e. The molecule has 8 heteroatoms. The van der Waals surface area contributed by atoms with Crippen molar-refractivity contribution < 1.29 is 18.9 Å². The molecule has 1 aromatic heterocycles. The second kappa shape index (κ2) is 6.83. The number of carbonyl (C=O) groups is 2. The Balaban J connectivity index is 1.87. The van der Waals surface area contributed by atoms with E-state index in [1.807, 2.05) is 6.92 Å². The molecule has 3 amide bonds. The molecule has 26 heavy (non-hydrogen) atoms. The Morgan fingerprint density at radius 1 is 1.27 bits per heavy atom. The molecular weight excluding hydrogens is 338 g/mol. The first-order valence-corrected chi connectivity index (χ1v) is 8.10. The summed E-state index contributed by atoms with van der Waals surface area (Å²) in [6.45, 7) is 3.89. The first kappa shape index (κ1) is 17.4. The quantitative estimate of drug-likeness (QED) is 0.383. The van der Waals surface area contributed by atoms with Crippen LogP contribution in [0.25, 0.3) is 17.4 Å². The summed E-state index contributed by atoms with van der Waals surface area (Å²) in [6.07, 6.45) is 2.12. The smallest absolute Gasteiger partial charge is 0.329 e. The Morgan fingerprint density at radius 3 is 2.73 bits per heavy atom. The number of hydrogen-bond acceptors (Lipinski definition) is 5. The van der Waals surface area contributed by atoms with Crippen LogP contribution in [0.3, 0.4) is 0 Å². The monoisotopic (exact) mass is 355 g/mol. The fraction of sp³-hybridized carbons (Fsp3) is 0.222. The van der Waals surface area contributed by atoms with Crippen molar-refractivity contribution >= 4 is 23.7 Å². The molecule has 0 aliphatic carbocycles. The van der Waals surface area contributed by atoms with E-state index in [9.17, 15) is 19.7 Å². The molecule has 1 aromatic carbocycles. The van der Waals surface area contributed by atoms with Gasteiger partial charge in [-0.15, -0.1) is 0 Å². The first-order chi connectivity index (χ1) is 12.4. The van der Waals surface area contributed by atoms with Crippen LogP contribution in [0, 0.1) is 17.0 Å². The van der Waals surface area contributed by atoms with Crippen molar-refractivity contribution in [1.29, 1.82) is 0 Å². The molecule has 1 aliphatic rings. The number of furan rings is 1. The van der Waals surface area contributed by atoms with Crippen LogP contribution in [-0.4, -0.2) is 28.3 Å². The third-order valence-corrected chi connectivity index (χ3v) is 4.01. The van der Waals surface area contributed by atoms with Gasteiger partial charge in [0.25, 0.3) is 11.6 Å². The van der Waals surface area contributed by atoms with Crippen molar-refractivity contribution in [3.63, 3.8) is 0 Å². The highest BCUT2D eigenvalue weighted by molar-refractivity contribution is 6.13. The Labute approximate surface area is 149 Å². The maximum Gasteiger partial charge on any atom is 0.329 e. The second-order valence-corrected chi connectivity index (χ2v) is 5.91. The zero-order valence-electron chi connectivity index (χ0n) is 14.3. The summed E-state index contributed by atoms with van der Waals surface area (Å²) in [5.74, 6) is 0.396. The Bertz CT molecular complexity index is 929. The molecule has 2 heterocycles. The van der Waals surface area contributed by atoms with Crippen LogP contribution < -0.4 is 5.32 Å². The minimum absolute atomic E-state index is 0.00671. The molecule has 8 nitrogen and oxygen atoms in total. The number of nitrogens with one attached hydrogen (secondary N) is 1. The van der Waals surface area contributed by atoms with Crippen LogP contribution in [0.2, 0.25) is 0 Å². The molecule has 0 unspecified atom stereocenters. The highest BCUT2D eigenvalue weighted by Crippen LogP contribution is 2.29. The number of aryl methyl sites for hydroxylation is 1. The number of hydrogen-bond donors (Lipinski definition) is 1. The second-order valence-electron chi connectivity index (χ2n) is 5.91. The predicted molar refractivity (Wildman–Crippen MR) is 94.0 cm³/mol. The highest BCUT2D eigenvalue weighted by Gasteiger charge is 2.32. The van der Waals surface area contributed by atoms with Crippen LogP contribution in [-0.2, 0) is 4.79 Å². The molecule has 1 aliphatic heterocycles. The van der Waals surface area contributed by atoms with E-state index in [-0.39, 0.29) is 11.4 Å². The van der Waals surface area contributed by atoms with Gasteiger partial charge < -0.3 is 9.73 Å². The average Bonchev–Trinajstić information content (AvgIpc) is 3.16. The molecule has 0 saturated carbocycles. The molecule has 134 valence electrons. The van der Waals surface area contributed by atoms with Gasteiger partial charge in [-0.25, -0.2) is 4.79 Å². The fourth-order valence-corrected chi connectivity index (χ4v) is 2.69. The van der Waals surface area contributed by atoms with Gasteiger partial charge in [0.2, 0.25) is 0 Å². The summed E-state index contributed by atoms with van der Waals surface area (Å²) in [6, 6.07) is 7.66. The van der Waals surface area contributed by atoms with E-state index in [1.54, 1.807) is 31.2 Å². The molecule has 3 rings (SSSR count). The van der Waals surface area contributed by atoms with E-state index >= 15 is 0 Å². The van der Waals surface area contributed by atoms with Gasteiger partial charge in [0.05, 0.1) is 4.92 Å². The normalized spacial score (nSPS) is 15.6. The maximum absolute atomic E-state index is 12.2. The lowest BCUT2D eigenvalue weighted by Crippen LogP contribution is -2.31. The molecular formula is C18H17N3O5. The van der Waals surface area contributed by atoms with Crippen LogP contribution in [0.15, 0.2) is 40.4 Å². The number of rotatable bonds is 5. The number of benzene rings is 1. The topological polar surface area (TPSA) is 106 Å². The van der Waals surface area contributed by atoms with Crippen LogP contribution in [0.1, 0.15) is 24.7 Å². The lowest BCUT2D eigenvalue weighted by molar-refractivity contribution is -0.385. The summed E-state index contributed by atoms with van der Waals surface area (Å²) in [5, 5.41) is 13.6. The molecule has 0 radical (unpaired) electrons. The Morgan fingerprint density at radius 2 is 2.04 bits per heavy atom. The van der Waals surface area contributed by atoms with Gasteiger partial charge in [-0.05, 0) is 25.5 Å². The van der Waals surface area contributed by atoms with E-state index in [4.69, 9.17) is 4.42 Å². The van der Waals surface area contributed by atoms with Gasteiger partial charge >= 0.3 is 6.03 Å². The Kier molecular flexibility index (Phi) is 4.57. The third-order valence-electron chi connectivity index (χ3n) is 4.01. The van der Waals surface area contributed by atoms with Crippen LogP contribution in [0.4, 0.5) is 10.5 Å².